The van der Waals surface area contributed by atoms with E-state index in [-0.39, 0.29) is 6.54 Å². The van der Waals surface area contributed by atoms with E-state index in [1.165, 1.54) is 4.90 Å². The topological polar surface area (TPSA) is 69.6 Å². The van der Waals surface area contributed by atoms with Crippen molar-refractivity contribution in [2.45, 2.75) is 19.4 Å². The average Bonchev–Trinajstić information content (AvgIpc) is 2.78. The van der Waals surface area contributed by atoms with Crippen LogP contribution in [0.3, 0.4) is 0 Å². The third kappa shape index (κ3) is 2.87. The molecule has 1 atom stereocenters. The predicted octanol–water partition coefficient (Wildman–Crippen LogP) is 0.527. The number of amides is 2. The van der Waals surface area contributed by atoms with Crippen LogP contribution in [0.1, 0.15) is 12.0 Å². The molecule has 5 nitrogen and oxygen atoms in total. The summed E-state index contributed by atoms with van der Waals surface area (Å²) in [5.41, 5.74) is 1.68. The third-order valence-electron chi connectivity index (χ3n) is 2.95. The van der Waals surface area contributed by atoms with Crippen LogP contribution in [0.25, 0.3) is 0 Å². The minimum absolute atomic E-state index is 0.236. The van der Waals surface area contributed by atoms with Gasteiger partial charge in [-0.3, -0.25) is 9.59 Å². The Bertz CT molecular complexity index is 456. The van der Waals surface area contributed by atoms with Crippen molar-refractivity contribution in [1.82, 2.24) is 4.90 Å². The summed E-state index contributed by atoms with van der Waals surface area (Å²) in [5.74, 6) is -1.25. The number of rotatable bonds is 1. The first kappa shape index (κ1) is 12.6. The number of benzene rings is 1. The van der Waals surface area contributed by atoms with Gasteiger partial charge in [-0.2, -0.15) is 0 Å². The van der Waals surface area contributed by atoms with Gasteiger partial charge in [0.05, 0.1) is 6.10 Å². The molecular formula is C13H16N2O3. The van der Waals surface area contributed by atoms with E-state index in [4.69, 9.17) is 0 Å². The Hall–Kier alpha value is -1.88. The number of β-amino-alcohol motifs (C(OH)–C–C–N with tert-alkyl or cyclic N) is 1. The summed E-state index contributed by atoms with van der Waals surface area (Å²) >= 11 is 0. The minimum Gasteiger partial charge on any atom is -0.391 e. The molecule has 1 aliphatic rings. The molecule has 2 N–H and O–H groups in total. The van der Waals surface area contributed by atoms with Crippen LogP contribution in [0, 0.1) is 6.92 Å². The van der Waals surface area contributed by atoms with Crippen LogP contribution in [-0.2, 0) is 9.59 Å². The highest BCUT2D eigenvalue weighted by atomic mass is 16.3. The van der Waals surface area contributed by atoms with Gasteiger partial charge >= 0.3 is 11.8 Å². The lowest BCUT2D eigenvalue weighted by molar-refractivity contribution is -0.142. The van der Waals surface area contributed by atoms with Crippen molar-refractivity contribution in [3.63, 3.8) is 0 Å². The van der Waals surface area contributed by atoms with Gasteiger partial charge < -0.3 is 15.3 Å². The number of hydrogen-bond donors (Lipinski definition) is 2. The molecule has 1 aromatic rings. The average molecular weight is 248 g/mol. The summed E-state index contributed by atoms with van der Waals surface area (Å²) in [6, 6.07) is 7.22. The molecule has 0 aromatic heterocycles. The summed E-state index contributed by atoms with van der Waals surface area (Å²) < 4.78 is 0. The Morgan fingerprint density at radius 1 is 1.33 bits per heavy atom. The molecule has 1 heterocycles. The number of aryl methyl sites for hydroxylation is 1. The summed E-state index contributed by atoms with van der Waals surface area (Å²) in [6.07, 6.45) is 0.0185. The maximum atomic E-state index is 11.8. The summed E-state index contributed by atoms with van der Waals surface area (Å²) in [7, 11) is 0. The second-order valence-corrected chi connectivity index (χ2v) is 4.51. The van der Waals surface area contributed by atoms with E-state index in [0.29, 0.717) is 18.7 Å². The van der Waals surface area contributed by atoms with Gasteiger partial charge in [-0.25, -0.2) is 0 Å². The first-order valence-electron chi connectivity index (χ1n) is 5.91. The number of aliphatic hydroxyl groups excluding tert-OH is 1. The highest BCUT2D eigenvalue weighted by molar-refractivity contribution is 6.39. The fourth-order valence-corrected chi connectivity index (χ4v) is 1.89. The van der Waals surface area contributed by atoms with Gasteiger partial charge in [0.1, 0.15) is 0 Å². The van der Waals surface area contributed by atoms with E-state index in [1.807, 2.05) is 19.1 Å². The van der Waals surface area contributed by atoms with Gasteiger partial charge in [0.15, 0.2) is 0 Å². The number of aliphatic hydroxyl groups is 1. The highest BCUT2D eigenvalue weighted by Gasteiger charge is 2.28. The molecule has 18 heavy (non-hydrogen) atoms. The third-order valence-corrected chi connectivity index (χ3v) is 2.95. The van der Waals surface area contributed by atoms with Gasteiger partial charge in [-0.1, -0.05) is 17.7 Å². The minimum atomic E-state index is -0.659. The van der Waals surface area contributed by atoms with Crippen LogP contribution >= 0.6 is 0 Å². The molecule has 1 aromatic carbocycles. The van der Waals surface area contributed by atoms with E-state index in [2.05, 4.69) is 5.32 Å². The Morgan fingerprint density at radius 3 is 2.56 bits per heavy atom. The fraction of sp³-hybridized carbons (Fsp3) is 0.385. The fourth-order valence-electron chi connectivity index (χ4n) is 1.89. The first-order valence-corrected chi connectivity index (χ1v) is 5.91. The van der Waals surface area contributed by atoms with Crippen molar-refractivity contribution < 1.29 is 14.7 Å². The van der Waals surface area contributed by atoms with Crippen molar-refractivity contribution in [2.24, 2.45) is 0 Å². The zero-order valence-electron chi connectivity index (χ0n) is 10.2. The molecule has 2 amide bonds. The lowest BCUT2D eigenvalue weighted by atomic mass is 10.2. The monoisotopic (exact) mass is 248 g/mol. The SMILES string of the molecule is Cc1ccc(NC(=O)C(=O)N2CCC(O)C2)cc1. The lowest BCUT2D eigenvalue weighted by Crippen LogP contribution is -2.38. The van der Waals surface area contributed by atoms with Crippen LogP contribution in [0.5, 0.6) is 0 Å². The van der Waals surface area contributed by atoms with Crippen LogP contribution in [-0.4, -0.2) is 41.0 Å². The smallest absolute Gasteiger partial charge is 0.313 e. The summed E-state index contributed by atoms with van der Waals surface area (Å²) in [5, 5.41) is 11.9. The number of nitrogens with one attached hydrogen (secondary N) is 1. The van der Waals surface area contributed by atoms with E-state index in [0.717, 1.165) is 5.56 Å². The zero-order chi connectivity index (χ0) is 13.1. The molecule has 1 fully saturated rings. The zero-order valence-corrected chi connectivity index (χ0v) is 10.2. The molecule has 5 heteroatoms. The Balaban J connectivity index is 1.95. The van der Waals surface area contributed by atoms with E-state index < -0.39 is 17.9 Å². The second-order valence-electron chi connectivity index (χ2n) is 4.51. The van der Waals surface area contributed by atoms with Crippen molar-refractivity contribution in [2.75, 3.05) is 18.4 Å². The number of hydrogen-bond acceptors (Lipinski definition) is 3. The number of anilines is 1. The molecule has 0 aliphatic carbocycles. The molecule has 1 aliphatic heterocycles. The molecule has 0 bridgehead atoms. The molecule has 1 saturated heterocycles. The van der Waals surface area contributed by atoms with E-state index in [9.17, 15) is 14.7 Å². The Labute approximate surface area is 105 Å². The maximum absolute atomic E-state index is 11.8. The number of nitrogens with zero attached hydrogens (tertiary/aromatic N) is 1. The lowest BCUT2D eigenvalue weighted by Gasteiger charge is -2.14. The van der Waals surface area contributed by atoms with Crippen LogP contribution in [0.15, 0.2) is 24.3 Å². The van der Waals surface area contributed by atoms with Gasteiger partial charge in [0.25, 0.3) is 0 Å². The Morgan fingerprint density at radius 2 is 2.00 bits per heavy atom. The molecule has 0 saturated carbocycles. The van der Waals surface area contributed by atoms with Gasteiger partial charge in [0.2, 0.25) is 0 Å². The Kier molecular flexibility index (Phi) is 3.62. The maximum Gasteiger partial charge on any atom is 0.313 e. The number of carbonyl (C=O) groups excluding carboxylic acids is 2. The van der Waals surface area contributed by atoms with Crippen molar-refractivity contribution >= 4 is 17.5 Å². The normalized spacial score (nSPS) is 18.8. The van der Waals surface area contributed by atoms with Crippen molar-refractivity contribution in [1.29, 1.82) is 0 Å². The standard InChI is InChI=1S/C13H16N2O3/c1-9-2-4-10(5-3-9)14-12(17)13(18)15-7-6-11(16)8-15/h2-5,11,16H,6-8H2,1H3,(H,14,17). The molecule has 0 radical (unpaired) electrons. The van der Waals surface area contributed by atoms with Crippen LogP contribution in [0.4, 0.5) is 5.69 Å². The quantitative estimate of drug-likeness (QED) is 0.712. The predicted molar refractivity (Wildman–Crippen MR) is 67.0 cm³/mol. The van der Waals surface area contributed by atoms with E-state index >= 15 is 0 Å². The number of carbonyl (C=O) groups is 2. The molecule has 96 valence electrons. The largest absolute Gasteiger partial charge is 0.391 e. The van der Waals surface area contributed by atoms with Gasteiger partial charge in [0, 0.05) is 18.8 Å². The second kappa shape index (κ2) is 5.18. The molecule has 1 unspecified atom stereocenters. The van der Waals surface area contributed by atoms with Crippen LogP contribution in [0.2, 0.25) is 0 Å². The highest BCUT2D eigenvalue weighted by Crippen LogP contribution is 2.11. The van der Waals surface area contributed by atoms with Crippen molar-refractivity contribution in [3.05, 3.63) is 29.8 Å². The summed E-state index contributed by atoms with van der Waals surface area (Å²) in [6.45, 7) is 2.61. The summed E-state index contributed by atoms with van der Waals surface area (Å²) in [4.78, 5) is 24.8. The first-order chi connectivity index (χ1) is 8.56. The molecular weight excluding hydrogens is 232 g/mol. The van der Waals surface area contributed by atoms with Crippen molar-refractivity contribution in [3.8, 4) is 0 Å². The number of likely N-dealkylation sites (tertiary alicyclic amines) is 1. The van der Waals surface area contributed by atoms with Crippen LogP contribution < -0.4 is 5.32 Å². The van der Waals surface area contributed by atoms with Gasteiger partial charge in [-0.15, -0.1) is 0 Å². The molecule has 0 spiro atoms. The van der Waals surface area contributed by atoms with Gasteiger partial charge in [-0.05, 0) is 25.5 Å². The molecule has 2 rings (SSSR count). The van der Waals surface area contributed by atoms with E-state index in [1.54, 1.807) is 12.1 Å².